The Morgan fingerprint density at radius 1 is 1.60 bits per heavy atom. The summed E-state index contributed by atoms with van der Waals surface area (Å²) in [5.74, 6) is 2.68. The first-order chi connectivity index (χ1) is 7.31. The van der Waals surface area contributed by atoms with Gasteiger partial charge in [-0.1, -0.05) is 23.9 Å². The predicted octanol–water partition coefficient (Wildman–Crippen LogP) is 1.72. The van der Waals surface area contributed by atoms with Crippen LogP contribution in [0.25, 0.3) is 0 Å². The van der Waals surface area contributed by atoms with E-state index in [-0.39, 0.29) is 0 Å². The number of thioether (sulfide) groups is 1. The van der Waals surface area contributed by atoms with Crippen LogP contribution in [0.3, 0.4) is 0 Å². The van der Waals surface area contributed by atoms with Crippen LogP contribution in [-0.4, -0.2) is 28.3 Å². The lowest BCUT2D eigenvalue weighted by Crippen LogP contribution is -2.20. The van der Waals surface area contributed by atoms with E-state index in [1.807, 2.05) is 12.2 Å². The van der Waals surface area contributed by atoms with Gasteiger partial charge in [0.05, 0.1) is 10.8 Å². The molecule has 0 radical (unpaired) electrons. The number of hydrogen-bond acceptors (Lipinski definition) is 5. The Balaban J connectivity index is 2.13. The van der Waals surface area contributed by atoms with Gasteiger partial charge in [0.15, 0.2) is 0 Å². The smallest absolute Gasteiger partial charge is 0.222 e. The molecule has 80 valence electrons. The van der Waals surface area contributed by atoms with Crippen molar-refractivity contribution in [2.75, 3.05) is 28.9 Å². The van der Waals surface area contributed by atoms with Crippen LogP contribution in [0.1, 0.15) is 0 Å². The van der Waals surface area contributed by atoms with Gasteiger partial charge in [-0.2, -0.15) is 4.98 Å². The minimum Gasteiger partial charge on any atom is -0.368 e. The lowest BCUT2D eigenvalue weighted by Gasteiger charge is -2.14. The predicted molar refractivity (Wildman–Crippen MR) is 64.4 cm³/mol. The van der Waals surface area contributed by atoms with E-state index < -0.39 is 0 Å². The molecule has 2 N–H and O–H groups in total. The van der Waals surface area contributed by atoms with Crippen LogP contribution in [0.15, 0.2) is 23.2 Å². The second kappa shape index (κ2) is 4.72. The molecule has 2 heterocycles. The number of fused-ring (bicyclic) bond motifs is 1. The quantitative estimate of drug-likeness (QED) is 0.646. The zero-order valence-electron chi connectivity index (χ0n) is 8.06. The van der Waals surface area contributed by atoms with Crippen molar-refractivity contribution in [3.63, 3.8) is 0 Å². The summed E-state index contributed by atoms with van der Waals surface area (Å²) in [6.07, 6.45) is 5.73. The van der Waals surface area contributed by atoms with E-state index in [2.05, 4.69) is 14.9 Å². The number of anilines is 2. The summed E-state index contributed by atoms with van der Waals surface area (Å²) in [4.78, 5) is 11.4. The van der Waals surface area contributed by atoms with Crippen molar-refractivity contribution in [2.24, 2.45) is 0 Å². The van der Waals surface area contributed by atoms with Crippen LogP contribution < -0.4 is 10.6 Å². The SMILES string of the molecule is Nc1ncc2c(n1)N(C/C=C/CCl)CS2. The molecular formula is C9H11ClN4S. The molecule has 0 spiro atoms. The number of alkyl halides is 1. The van der Waals surface area contributed by atoms with Crippen LogP contribution in [0.2, 0.25) is 0 Å². The van der Waals surface area contributed by atoms with Crippen LogP contribution >= 0.6 is 23.4 Å². The first kappa shape index (κ1) is 10.6. The highest BCUT2D eigenvalue weighted by molar-refractivity contribution is 7.99. The van der Waals surface area contributed by atoms with E-state index >= 15 is 0 Å². The van der Waals surface area contributed by atoms with Crippen molar-refractivity contribution in [1.29, 1.82) is 0 Å². The lowest BCUT2D eigenvalue weighted by molar-refractivity contribution is 0.954. The highest BCUT2D eigenvalue weighted by atomic mass is 35.5. The maximum Gasteiger partial charge on any atom is 0.222 e. The van der Waals surface area contributed by atoms with Gasteiger partial charge in [0.2, 0.25) is 5.95 Å². The molecule has 4 nitrogen and oxygen atoms in total. The number of rotatable bonds is 3. The van der Waals surface area contributed by atoms with Gasteiger partial charge in [-0.05, 0) is 0 Å². The minimum atomic E-state index is 0.322. The van der Waals surface area contributed by atoms with Crippen molar-refractivity contribution in [2.45, 2.75) is 4.90 Å². The molecule has 0 saturated carbocycles. The van der Waals surface area contributed by atoms with Gasteiger partial charge in [-0.3, -0.25) is 0 Å². The van der Waals surface area contributed by atoms with Crippen molar-refractivity contribution in [3.05, 3.63) is 18.3 Å². The molecule has 1 aromatic rings. The molecule has 0 aromatic carbocycles. The zero-order chi connectivity index (χ0) is 10.7. The number of nitrogen functional groups attached to an aromatic ring is 1. The largest absolute Gasteiger partial charge is 0.368 e. The van der Waals surface area contributed by atoms with Gasteiger partial charge in [-0.25, -0.2) is 4.98 Å². The van der Waals surface area contributed by atoms with Gasteiger partial charge in [0, 0.05) is 18.6 Å². The number of nitrogens with zero attached hydrogens (tertiary/aromatic N) is 3. The fourth-order valence-electron chi connectivity index (χ4n) is 1.32. The van der Waals surface area contributed by atoms with Gasteiger partial charge in [0.25, 0.3) is 0 Å². The van der Waals surface area contributed by atoms with E-state index in [1.165, 1.54) is 0 Å². The molecule has 1 aliphatic heterocycles. The Morgan fingerprint density at radius 3 is 3.27 bits per heavy atom. The lowest BCUT2D eigenvalue weighted by atomic mass is 10.4. The molecule has 15 heavy (non-hydrogen) atoms. The number of hydrogen-bond donors (Lipinski definition) is 1. The number of nitrogens with two attached hydrogens (primary N) is 1. The fourth-order valence-corrected chi connectivity index (χ4v) is 2.40. The molecule has 0 bridgehead atoms. The zero-order valence-corrected chi connectivity index (χ0v) is 9.63. The maximum atomic E-state index is 5.56. The van der Waals surface area contributed by atoms with E-state index in [1.54, 1.807) is 18.0 Å². The fraction of sp³-hybridized carbons (Fsp3) is 0.333. The molecule has 0 unspecified atom stereocenters. The maximum absolute atomic E-state index is 5.56. The van der Waals surface area contributed by atoms with Gasteiger partial charge >= 0.3 is 0 Å². The first-order valence-corrected chi connectivity index (χ1v) is 6.04. The van der Waals surface area contributed by atoms with E-state index in [0.717, 1.165) is 23.1 Å². The Morgan fingerprint density at radius 2 is 2.47 bits per heavy atom. The topological polar surface area (TPSA) is 55.0 Å². The third-order valence-electron chi connectivity index (χ3n) is 2.01. The van der Waals surface area contributed by atoms with Crippen LogP contribution in [0.5, 0.6) is 0 Å². The standard InChI is InChI=1S/C9H11ClN4S/c10-3-1-2-4-14-6-15-7-5-12-9(11)13-8(7)14/h1-2,5H,3-4,6H2,(H2,11,12,13)/b2-1+. The summed E-state index contributed by atoms with van der Waals surface area (Å²) in [6, 6.07) is 0. The highest BCUT2D eigenvalue weighted by Gasteiger charge is 2.20. The first-order valence-electron chi connectivity index (χ1n) is 4.52. The van der Waals surface area contributed by atoms with Gasteiger partial charge < -0.3 is 10.6 Å². The summed E-state index contributed by atoms with van der Waals surface area (Å²) in [5, 5.41) is 0. The monoisotopic (exact) mass is 242 g/mol. The van der Waals surface area contributed by atoms with E-state index in [0.29, 0.717) is 11.8 Å². The van der Waals surface area contributed by atoms with Crippen molar-refractivity contribution >= 4 is 35.1 Å². The van der Waals surface area contributed by atoms with Crippen LogP contribution in [0, 0.1) is 0 Å². The molecule has 0 aliphatic carbocycles. The second-order valence-corrected chi connectivity index (χ2v) is 4.33. The Bertz CT molecular complexity index is 382. The summed E-state index contributed by atoms with van der Waals surface area (Å²) in [7, 11) is 0. The van der Waals surface area contributed by atoms with Crippen LogP contribution in [0.4, 0.5) is 11.8 Å². The summed E-state index contributed by atoms with van der Waals surface area (Å²) in [6.45, 7) is 0.809. The molecule has 6 heteroatoms. The van der Waals surface area contributed by atoms with E-state index in [9.17, 15) is 0 Å². The average Bonchev–Trinajstić information content (AvgIpc) is 2.62. The summed E-state index contributed by atoms with van der Waals surface area (Å²) in [5.41, 5.74) is 5.55. The summed E-state index contributed by atoms with van der Waals surface area (Å²) < 4.78 is 0. The highest BCUT2D eigenvalue weighted by Crippen LogP contribution is 2.36. The van der Waals surface area contributed by atoms with Gasteiger partial charge in [-0.15, -0.1) is 11.6 Å². The normalized spacial score (nSPS) is 14.9. The Kier molecular flexibility index (Phi) is 3.33. The molecule has 0 saturated heterocycles. The Hall–Kier alpha value is -0.940. The molecular weight excluding hydrogens is 232 g/mol. The van der Waals surface area contributed by atoms with Crippen molar-refractivity contribution < 1.29 is 0 Å². The third kappa shape index (κ3) is 2.35. The van der Waals surface area contributed by atoms with E-state index in [4.69, 9.17) is 17.3 Å². The average molecular weight is 243 g/mol. The molecule has 0 fully saturated rings. The molecule has 2 rings (SSSR count). The van der Waals surface area contributed by atoms with Crippen LogP contribution in [-0.2, 0) is 0 Å². The number of allylic oxidation sites excluding steroid dienone is 1. The molecule has 1 aromatic heterocycles. The molecule has 0 atom stereocenters. The summed E-state index contributed by atoms with van der Waals surface area (Å²) >= 11 is 7.28. The van der Waals surface area contributed by atoms with Crippen molar-refractivity contribution in [3.8, 4) is 0 Å². The minimum absolute atomic E-state index is 0.322. The number of halogens is 1. The van der Waals surface area contributed by atoms with Crippen molar-refractivity contribution in [1.82, 2.24) is 9.97 Å². The Labute approximate surface area is 97.5 Å². The second-order valence-electron chi connectivity index (χ2n) is 3.04. The number of aromatic nitrogens is 2. The molecule has 0 amide bonds. The third-order valence-corrected chi connectivity index (χ3v) is 3.23. The molecule has 1 aliphatic rings. The van der Waals surface area contributed by atoms with Gasteiger partial charge in [0.1, 0.15) is 5.82 Å².